The molecule has 0 aromatic rings. The lowest BCUT2D eigenvalue weighted by Crippen LogP contribution is -1.96. The second-order valence-electron chi connectivity index (χ2n) is 3.03. The van der Waals surface area contributed by atoms with Crippen molar-refractivity contribution in [3.63, 3.8) is 0 Å². The number of ether oxygens (including phenoxy) is 1. The maximum Gasteiger partial charge on any atom is 0.0466 e. The molecule has 80 valence electrons. The van der Waals surface area contributed by atoms with Gasteiger partial charge in [-0.1, -0.05) is 39.5 Å². The Kier molecular flexibility index (Phi) is 20.7. The van der Waals surface area contributed by atoms with Gasteiger partial charge in [0.1, 0.15) is 0 Å². The second kappa shape index (κ2) is 17.7. The third-order valence-electron chi connectivity index (χ3n) is 1.78. The van der Waals surface area contributed by atoms with Crippen molar-refractivity contribution in [2.24, 2.45) is 0 Å². The third kappa shape index (κ3) is 18.6. The van der Waals surface area contributed by atoms with E-state index in [-0.39, 0.29) is 0 Å². The van der Waals surface area contributed by atoms with Gasteiger partial charge in [-0.05, 0) is 12.8 Å². The van der Waals surface area contributed by atoms with E-state index < -0.39 is 0 Å². The van der Waals surface area contributed by atoms with Gasteiger partial charge in [0.05, 0.1) is 0 Å². The zero-order valence-corrected chi connectivity index (χ0v) is 9.48. The van der Waals surface area contributed by atoms with Crippen LogP contribution in [0.5, 0.6) is 0 Å². The predicted molar refractivity (Wildman–Crippen MR) is 61.1 cm³/mol. The Morgan fingerprint density at radius 2 is 1.15 bits per heavy atom. The zero-order chi connectivity index (χ0) is 10.4. The summed E-state index contributed by atoms with van der Waals surface area (Å²) in [6.45, 7) is 12.4. The van der Waals surface area contributed by atoms with Crippen LogP contribution in [-0.2, 0) is 4.74 Å². The van der Waals surface area contributed by atoms with E-state index in [9.17, 15) is 0 Å². The number of unbranched alkanes of at least 4 members (excludes halogenated alkanes) is 4. The van der Waals surface area contributed by atoms with Crippen LogP contribution < -0.4 is 0 Å². The minimum Gasteiger partial charge on any atom is -0.381 e. The molecule has 0 aliphatic rings. The SMILES string of the molecule is C=C.CCCCCOCCCCC. The highest BCUT2D eigenvalue weighted by molar-refractivity contribution is 4.38. The highest BCUT2D eigenvalue weighted by Crippen LogP contribution is 1.97. The smallest absolute Gasteiger partial charge is 0.0466 e. The Morgan fingerprint density at radius 3 is 1.46 bits per heavy atom. The molecule has 0 atom stereocenters. The largest absolute Gasteiger partial charge is 0.381 e. The first-order valence-electron chi connectivity index (χ1n) is 5.49. The van der Waals surface area contributed by atoms with E-state index in [0.717, 1.165) is 13.2 Å². The Balaban J connectivity index is 0. The van der Waals surface area contributed by atoms with Crippen LogP contribution in [-0.4, -0.2) is 13.2 Å². The van der Waals surface area contributed by atoms with E-state index in [1.54, 1.807) is 0 Å². The summed E-state index contributed by atoms with van der Waals surface area (Å²) >= 11 is 0. The lowest BCUT2D eigenvalue weighted by Gasteiger charge is -2.01. The normalized spacial score (nSPS) is 9.08. The monoisotopic (exact) mass is 186 g/mol. The Bertz CT molecular complexity index is 63.5. The minimum atomic E-state index is 0.970. The maximum absolute atomic E-state index is 5.44. The predicted octanol–water partition coefficient (Wildman–Crippen LogP) is 4.19. The highest BCUT2D eigenvalue weighted by atomic mass is 16.5. The number of rotatable bonds is 8. The molecule has 0 rings (SSSR count). The maximum atomic E-state index is 5.44. The van der Waals surface area contributed by atoms with Crippen LogP contribution in [0.1, 0.15) is 52.4 Å². The van der Waals surface area contributed by atoms with Gasteiger partial charge in [0.15, 0.2) is 0 Å². The topological polar surface area (TPSA) is 9.23 Å². The Hall–Kier alpha value is -0.300. The zero-order valence-electron chi connectivity index (χ0n) is 9.48. The fourth-order valence-electron chi connectivity index (χ4n) is 1.01. The van der Waals surface area contributed by atoms with Gasteiger partial charge in [-0.15, -0.1) is 13.2 Å². The van der Waals surface area contributed by atoms with Crippen molar-refractivity contribution in [2.75, 3.05) is 13.2 Å². The van der Waals surface area contributed by atoms with E-state index in [0.29, 0.717) is 0 Å². The number of hydrogen-bond acceptors (Lipinski definition) is 1. The molecule has 0 spiro atoms. The van der Waals surface area contributed by atoms with Crippen LogP contribution in [0.3, 0.4) is 0 Å². The first kappa shape index (κ1) is 15.2. The number of hydrogen-bond donors (Lipinski definition) is 0. The molecular weight excluding hydrogens is 160 g/mol. The van der Waals surface area contributed by atoms with Gasteiger partial charge in [-0.3, -0.25) is 0 Å². The van der Waals surface area contributed by atoms with Crippen LogP contribution in [0.2, 0.25) is 0 Å². The summed E-state index contributed by atoms with van der Waals surface area (Å²) in [4.78, 5) is 0. The molecule has 0 aliphatic heterocycles. The molecule has 0 aromatic carbocycles. The van der Waals surface area contributed by atoms with E-state index in [1.165, 1.54) is 38.5 Å². The summed E-state index contributed by atoms with van der Waals surface area (Å²) < 4.78 is 5.44. The van der Waals surface area contributed by atoms with Gasteiger partial charge >= 0.3 is 0 Å². The van der Waals surface area contributed by atoms with Gasteiger partial charge < -0.3 is 4.74 Å². The molecule has 1 heteroatoms. The molecular formula is C12H26O. The fourth-order valence-corrected chi connectivity index (χ4v) is 1.01. The average molecular weight is 186 g/mol. The third-order valence-corrected chi connectivity index (χ3v) is 1.78. The van der Waals surface area contributed by atoms with Crippen molar-refractivity contribution in [1.82, 2.24) is 0 Å². The summed E-state index contributed by atoms with van der Waals surface area (Å²) in [5, 5.41) is 0. The van der Waals surface area contributed by atoms with Gasteiger partial charge in [-0.2, -0.15) is 0 Å². The minimum absolute atomic E-state index is 0.970. The molecule has 0 unspecified atom stereocenters. The van der Waals surface area contributed by atoms with Crippen LogP contribution >= 0.6 is 0 Å². The molecule has 0 bridgehead atoms. The Labute approximate surface area is 84.2 Å². The fraction of sp³-hybridized carbons (Fsp3) is 0.833. The van der Waals surface area contributed by atoms with Crippen molar-refractivity contribution in [3.05, 3.63) is 13.2 Å². The van der Waals surface area contributed by atoms with Crippen molar-refractivity contribution < 1.29 is 4.74 Å². The second-order valence-corrected chi connectivity index (χ2v) is 3.03. The van der Waals surface area contributed by atoms with Crippen molar-refractivity contribution in [1.29, 1.82) is 0 Å². The van der Waals surface area contributed by atoms with E-state index in [4.69, 9.17) is 4.74 Å². The highest BCUT2D eigenvalue weighted by Gasteiger charge is 1.88. The van der Waals surface area contributed by atoms with E-state index >= 15 is 0 Å². The average Bonchev–Trinajstić information content (AvgIpc) is 2.20. The molecule has 0 N–H and O–H groups in total. The lowest BCUT2D eigenvalue weighted by molar-refractivity contribution is 0.126. The van der Waals surface area contributed by atoms with Crippen LogP contribution in [0.4, 0.5) is 0 Å². The van der Waals surface area contributed by atoms with Gasteiger partial charge in [0.25, 0.3) is 0 Å². The Morgan fingerprint density at radius 1 is 0.769 bits per heavy atom. The molecule has 0 amide bonds. The van der Waals surface area contributed by atoms with Crippen molar-refractivity contribution in [3.8, 4) is 0 Å². The molecule has 0 saturated carbocycles. The summed E-state index contributed by atoms with van der Waals surface area (Å²) in [6.07, 6.45) is 7.68. The van der Waals surface area contributed by atoms with Crippen LogP contribution in [0.15, 0.2) is 13.2 Å². The summed E-state index contributed by atoms with van der Waals surface area (Å²) in [7, 11) is 0. The van der Waals surface area contributed by atoms with E-state index in [2.05, 4.69) is 27.0 Å². The van der Waals surface area contributed by atoms with Crippen LogP contribution in [0, 0.1) is 0 Å². The van der Waals surface area contributed by atoms with Crippen molar-refractivity contribution >= 4 is 0 Å². The van der Waals surface area contributed by atoms with Crippen molar-refractivity contribution in [2.45, 2.75) is 52.4 Å². The lowest BCUT2D eigenvalue weighted by atomic mass is 10.2. The summed E-state index contributed by atoms with van der Waals surface area (Å²) in [6, 6.07) is 0. The molecule has 0 aromatic heterocycles. The van der Waals surface area contributed by atoms with Gasteiger partial charge in [0.2, 0.25) is 0 Å². The summed E-state index contributed by atoms with van der Waals surface area (Å²) in [5.41, 5.74) is 0. The molecule has 0 heterocycles. The molecule has 0 aliphatic carbocycles. The summed E-state index contributed by atoms with van der Waals surface area (Å²) in [5.74, 6) is 0. The van der Waals surface area contributed by atoms with Crippen LogP contribution in [0.25, 0.3) is 0 Å². The van der Waals surface area contributed by atoms with Gasteiger partial charge in [-0.25, -0.2) is 0 Å². The molecule has 0 fully saturated rings. The van der Waals surface area contributed by atoms with Gasteiger partial charge in [0, 0.05) is 13.2 Å². The standard InChI is InChI=1S/C10H22O.C2H4/c1-3-5-7-9-11-10-8-6-4-2;1-2/h3-10H2,1-2H3;1-2H2. The molecule has 0 saturated heterocycles. The first-order chi connectivity index (χ1) is 6.41. The molecule has 0 radical (unpaired) electrons. The molecule has 13 heavy (non-hydrogen) atoms. The first-order valence-corrected chi connectivity index (χ1v) is 5.49. The quantitative estimate of drug-likeness (QED) is 0.408. The van der Waals surface area contributed by atoms with E-state index in [1.807, 2.05) is 0 Å². The molecule has 1 nitrogen and oxygen atoms in total.